The molecule has 0 aliphatic carbocycles. The molecule has 0 radical (unpaired) electrons. The average Bonchev–Trinajstić information content (AvgIpc) is 2.72. The van der Waals surface area contributed by atoms with Crippen molar-refractivity contribution < 1.29 is 17.9 Å². The number of anilines is 1. The number of para-hydroxylation sites is 1. The van der Waals surface area contributed by atoms with E-state index in [1.165, 1.54) is 17.0 Å². The number of ether oxygens (including phenoxy) is 1. The van der Waals surface area contributed by atoms with Crippen molar-refractivity contribution in [1.29, 1.82) is 0 Å². The number of alkyl halides is 3. The second kappa shape index (κ2) is 5.86. The molecular formula is C13H13F3N4O. The van der Waals surface area contributed by atoms with E-state index in [1.54, 1.807) is 31.3 Å². The Bertz CT molecular complexity index is 649. The maximum absolute atomic E-state index is 12.2. The first-order valence-corrected chi connectivity index (χ1v) is 5.99. The Morgan fingerprint density at radius 1 is 1.38 bits per heavy atom. The number of aromatic nitrogens is 2. The number of halogens is 3. The number of nitrogens with two attached hydrogens (primary N) is 1. The maximum atomic E-state index is 12.2. The van der Waals surface area contributed by atoms with Crippen molar-refractivity contribution in [2.45, 2.75) is 13.1 Å². The molecule has 0 bridgehead atoms. The van der Waals surface area contributed by atoms with Gasteiger partial charge in [-0.25, -0.2) is 9.66 Å². The molecule has 2 rings (SSSR count). The fraction of sp³-hybridized carbons (Fsp3) is 0.231. The number of rotatable bonds is 4. The highest BCUT2D eigenvalue weighted by molar-refractivity contribution is 5.83. The SMILES string of the molecule is Cc1cn(N=Cc2ccccc2OCC(F)(F)F)c(N)n1. The van der Waals surface area contributed by atoms with E-state index in [1.807, 2.05) is 0 Å². The van der Waals surface area contributed by atoms with Gasteiger partial charge >= 0.3 is 6.18 Å². The molecule has 112 valence electrons. The molecule has 8 heteroatoms. The Labute approximate surface area is 118 Å². The quantitative estimate of drug-likeness (QED) is 0.882. The second-order valence-electron chi connectivity index (χ2n) is 4.27. The molecule has 2 N–H and O–H groups in total. The van der Waals surface area contributed by atoms with Crippen LogP contribution in [0, 0.1) is 6.92 Å². The van der Waals surface area contributed by atoms with Gasteiger partial charge in [-0.2, -0.15) is 18.3 Å². The van der Waals surface area contributed by atoms with Crippen molar-refractivity contribution in [2.75, 3.05) is 12.3 Å². The van der Waals surface area contributed by atoms with Gasteiger partial charge in [-0.1, -0.05) is 12.1 Å². The molecular weight excluding hydrogens is 285 g/mol. The van der Waals surface area contributed by atoms with Crippen molar-refractivity contribution in [2.24, 2.45) is 5.10 Å². The lowest BCUT2D eigenvalue weighted by Gasteiger charge is -2.10. The fourth-order valence-electron chi connectivity index (χ4n) is 1.60. The Morgan fingerprint density at radius 3 is 2.71 bits per heavy atom. The molecule has 2 aromatic rings. The van der Waals surface area contributed by atoms with Crippen LogP contribution in [0.1, 0.15) is 11.3 Å². The number of hydrogen-bond acceptors (Lipinski definition) is 4. The molecule has 0 fully saturated rings. The van der Waals surface area contributed by atoms with Crippen LogP contribution in [0.4, 0.5) is 19.1 Å². The summed E-state index contributed by atoms with van der Waals surface area (Å²) in [4.78, 5) is 3.96. The highest BCUT2D eigenvalue weighted by Crippen LogP contribution is 2.21. The van der Waals surface area contributed by atoms with Crippen LogP contribution in [0.3, 0.4) is 0 Å². The highest BCUT2D eigenvalue weighted by atomic mass is 19.4. The first-order valence-electron chi connectivity index (χ1n) is 5.99. The van der Waals surface area contributed by atoms with Crippen molar-refractivity contribution in [1.82, 2.24) is 9.66 Å². The summed E-state index contributed by atoms with van der Waals surface area (Å²) in [6.45, 7) is 0.396. The smallest absolute Gasteiger partial charge is 0.422 e. The minimum atomic E-state index is -4.39. The van der Waals surface area contributed by atoms with Gasteiger partial charge in [-0.15, -0.1) is 0 Å². The molecule has 1 aromatic carbocycles. The predicted molar refractivity (Wildman–Crippen MR) is 72.4 cm³/mol. The molecule has 0 aliphatic rings. The van der Waals surface area contributed by atoms with Gasteiger partial charge in [0, 0.05) is 5.56 Å². The summed E-state index contributed by atoms with van der Waals surface area (Å²) in [5, 5.41) is 4.04. The van der Waals surface area contributed by atoms with Crippen LogP contribution in [0.25, 0.3) is 0 Å². The third-order valence-corrected chi connectivity index (χ3v) is 2.47. The molecule has 1 heterocycles. The largest absolute Gasteiger partial charge is 0.483 e. The van der Waals surface area contributed by atoms with Crippen LogP contribution in [0.2, 0.25) is 0 Å². The van der Waals surface area contributed by atoms with E-state index < -0.39 is 12.8 Å². The van der Waals surface area contributed by atoms with Gasteiger partial charge in [0.2, 0.25) is 5.95 Å². The van der Waals surface area contributed by atoms with E-state index in [0.717, 1.165) is 0 Å². The molecule has 0 aliphatic heterocycles. The van der Waals surface area contributed by atoms with Gasteiger partial charge in [0.1, 0.15) is 5.75 Å². The number of aryl methyl sites for hydroxylation is 1. The summed E-state index contributed by atoms with van der Waals surface area (Å²) in [7, 11) is 0. The minimum absolute atomic E-state index is 0.0917. The predicted octanol–water partition coefficient (Wildman–Crippen LogP) is 2.60. The van der Waals surface area contributed by atoms with E-state index >= 15 is 0 Å². The van der Waals surface area contributed by atoms with Gasteiger partial charge in [0.25, 0.3) is 0 Å². The standard InChI is InChI=1S/C13H13F3N4O/c1-9-7-20(12(17)19-9)18-6-10-4-2-3-5-11(10)21-8-13(14,15)16/h2-7H,8H2,1H3,(H2,17,19). The fourth-order valence-corrected chi connectivity index (χ4v) is 1.60. The van der Waals surface area contributed by atoms with Gasteiger partial charge < -0.3 is 10.5 Å². The Morgan fingerprint density at radius 2 is 2.10 bits per heavy atom. The van der Waals surface area contributed by atoms with Crippen molar-refractivity contribution >= 4 is 12.2 Å². The monoisotopic (exact) mass is 298 g/mol. The molecule has 5 nitrogen and oxygen atoms in total. The lowest BCUT2D eigenvalue weighted by atomic mass is 10.2. The van der Waals surface area contributed by atoms with Crippen molar-refractivity contribution in [3.05, 3.63) is 41.7 Å². The van der Waals surface area contributed by atoms with E-state index in [0.29, 0.717) is 11.3 Å². The summed E-state index contributed by atoms with van der Waals surface area (Å²) >= 11 is 0. The third-order valence-electron chi connectivity index (χ3n) is 2.47. The van der Waals surface area contributed by atoms with Crippen LogP contribution >= 0.6 is 0 Å². The zero-order valence-electron chi connectivity index (χ0n) is 11.1. The molecule has 0 spiro atoms. The molecule has 1 aromatic heterocycles. The number of nitrogens with zero attached hydrogens (tertiary/aromatic N) is 3. The van der Waals surface area contributed by atoms with Gasteiger partial charge in [0.05, 0.1) is 18.1 Å². The van der Waals surface area contributed by atoms with Crippen LogP contribution in [0.5, 0.6) is 5.75 Å². The van der Waals surface area contributed by atoms with Crippen LogP contribution in [-0.4, -0.2) is 28.7 Å². The van der Waals surface area contributed by atoms with Crippen LogP contribution in [0.15, 0.2) is 35.6 Å². The maximum Gasteiger partial charge on any atom is 0.422 e. The van der Waals surface area contributed by atoms with E-state index in [2.05, 4.69) is 10.1 Å². The molecule has 0 saturated carbocycles. The molecule has 0 saturated heterocycles. The van der Waals surface area contributed by atoms with Crippen molar-refractivity contribution in [3.63, 3.8) is 0 Å². The van der Waals surface area contributed by atoms with Gasteiger partial charge in [-0.3, -0.25) is 0 Å². The first-order chi connectivity index (χ1) is 9.85. The van der Waals surface area contributed by atoms with Crippen LogP contribution < -0.4 is 10.5 Å². The minimum Gasteiger partial charge on any atom is -0.483 e. The van der Waals surface area contributed by atoms with E-state index in [9.17, 15) is 13.2 Å². The zero-order valence-corrected chi connectivity index (χ0v) is 11.1. The average molecular weight is 298 g/mol. The topological polar surface area (TPSA) is 65.4 Å². The lowest BCUT2D eigenvalue weighted by molar-refractivity contribution is -0.153. The number of nitrogen functional groups attached to an aromatic ring is 1. The van der Waals surface area contributed by atoms with Gasteiger partial charge in [-0.05, 0) is 19.1 Å². The number of benzene rings is 1. The number of hydrogen-bond donors (Lipinski definition) is 1. The first kappa shape index (κ1) is 14.9. The summed E-state index contributed by atoms with van der Waals surface area (Å²) in [6, 6.07) is 6.29. The summed E-state index contributed by atoms with van der Waals surface area (Å²) < 4.78 is 42.7. The Hall–Kier alpha value is -2.51. The van der Waals surface area contributed by atoms with Crippen molar-refractivity contribution in [3.8, 4) is 5.75 Å². The normalized spacial score (nSPS) is 12.0. The summed E-state index contributed by atoms with van der Waals surface area (Å²) in [6.07, 6.45) is -1.43. The third kappa shape index (κ3) is 4.23. The van der Waals surface area contributed by atoms with Crippen LogP contribution in [-0.2, 0) is 0 Å². The summed E-state index contributed by atoms with van der Waals surface area (Å²) in [5.74, 6) is 0.284. The Kier molecular flexibility index (Phi) is 4.15. The van der Waals surface area contributed by atoms with E-state index in [4.69, 9.17) is 10.5 Å². The molecule has 21 heavy (non-hydrogen) atoms. The highest BCUT2D eigenvalue weighted by Gasteiger charge is 2.28. The molecule has 0 atom stereocenters. The molecule has 0 unspecified atom stereocenters. The summed E-state index contributed by atoms with van der Waals surface area (Å²) in [5.41, 5.74) is 6.71. The number of imidazole rings is 1. The molecule has 0 amide bonds. The Balaban J connectivity index is 2.18. The van der Waals surface area contributed by atoms with Gasteiger partial charge in [0.15, 0.2) is 6.61 Å². The second-order valence-corrected chi connectivity index (χ2v) is 4.27. The van der Waals surface area contributed by atoms with E-state index in [-0.39, 0.29) is 11.7 Å². The zero-order chi connectivity index (χ0) is 15.5. The lowest BCUT2D eigenvalue weighted by Crippen LogP contribution is -2.19.